The number of rotatable bonds is 2. The predicted molar refractivity (Wildman–Crippen MR) is 187 cm³/mol. The van der Waals surface area contributed by atoms with Crippen molar-refractivity contribution in [1.29, 1.82) is 0 Å². The highest BCUT2D eigenvalue weighted by atomic mass is 15.0. The minimum absolute atomic E-state index is 0.0336. The lowest BCUT2D eigenvalue weighted by Gasteiger charge is -2.23. The first-order valence-electron chi connectivity index (χ1n) is 15.7. The molecular weight excluding hydrogens is 536 g/mol. The number of hydrogen-bond donors (Lipinski definition) is 0. The Kier molecular flexibility index (Phi) is 6.14. The van der Waals surface area contributed by atoms with Gasteiger partial charge in [0.15, 0.2) is 0 Å². The molecule has 0 amide bonds. The highest BCUT2D eigenvalue weighted by molar-refractivity contribution is 6.08. The highest BCUT2D eigenvalue weighted by Crippen LogP contribution is 2.38. The molecule has 7 aromatic rings. The first-order chi connectivity index (χ1) is 20.7. The van der Waals surface area contributed by atoms with E-state index in [4.69, 9.17) is 9.97 Å². The van der Waals surface area contributed by atoms with E-state index in [1.807, 2.05) is 0 Å². The van der Waals surface area contributed by atoms with Gasteiger partial charge in [-0.1, -0.05) is 98.7 Å². The molecule has 4 heteroatoms. The van der Waals surface area contributed by atoms with Crippen molar-refractivity contribution in [1.82, 2.24) is 19.1 Å². The predicted octanol–water partition coefficient (Wildman–Crippen LogP) is 10.6. The molecule has 0 aliphatic heterocycles. The molecule has 44 heavy (non-hydrogen) atoms. The molecule has 4 heterocycles. The molecule has 0 spiro atoms. The van der Waals surface area contributed by atoms with E-state index in [1.165, 1.54) is 16.3 Å². The quantitative estimate of drug-likeness (QED) is 0.205. The van der Waals surface area contributed by atoms with Crippen LogP contribution < -0.4 is 0 Å². The Labute approximate surface area is 260 Å². The summed E-state index contributed by atoms with van der Waals surface area (Å²) in [7, 11) is 0. The van der Waals surface area contributed by atoms with Gasteiger partial charge in [-0.2, -0.15) is 0 Å². The van der Waals surface area contributed by atoms with Crippen molar-refractivity contribution in [2.75, 3.05) is 0 Å². The van der Waals surface area contributed by atoms with Gasteiger partial charge in [0, 0.05) is 44.4 Å². The highest BCUT2D eigenvalue weighted by Gasteiger charge is 2.24. The number of fused-ring (bicyclic) bond motifs is 6. The summed E-state index contributed by atoms with van der Waals surface area (Å²) in [4.78, 5) is 10.5. The van der Waals surface area contributed by atoms with Crippen molar-refractivity contribution in [3.05, 3.63) is 108 Å². The zero-order chi connectivity index (χ0) is 31.2. The number of para-hydroxylation sites is 2. The largest absolute Gasteiger partial charge is 0.308 e. The molecule has 4 nitrogen and oxygen atoms in total. The van der Waals surface area contributed by atoms with Crippen LogP contribution in [0.15, 0.2) is 91.0 Å². The van der Waals surface area contributed by atoms with Gasteiger partial charge in [0.1, 0.15) is 0 Å². The van der Waals surface area contributed by atoms with Gasteiger partial charge in [-0.3, -0.25) is 0 Å². The van der Waals surface area contributed by atoms with Crippen LogP contribution >= 0.6 is 0 Å². The van der Waals surface area contributed by atoms with Crippen molar-refractivity contribution >= 4 is 43.9 Å². The van der Waals surface area contributed by atoms with Gasteiger partial charge in [-0.15, -0.1) is 0 Å². The fraction of sp³-hybridized carbons (Fsp3) is 0.300. The molecular formula is C40H42N4. The summed E-state index contributed by atoms with van der Waals surface area (Å²) >= 11 is 0. The summed E-state index contributed by atoms with van der Waals surface area (Å²) in [6.07, 6.45) is 0. The van der Waals surface area contributed by atoms with E-state index in [-0.39, 0.29) is 16.2 Å². The number of nitrogens with zero attached hydrogens (tertiary/aromatic N) is 4. The van der Waals surface area contributed by atoms with E-state index in [1.54, 1.807) is 0 Å². The Morgan fingerprint density at radius 1 is 0.432 bits per heavy atom. The molecule has 0 aliphatic carbocycles. The van der Waals surface area contributed by atoms with Crippen LogP contribution in [0.3, 0.4) is 0 Å². The Morgan fingerprint density at radius 2 is 0.841 bits per heavy atom. The summed E-state index contributed by atoms with van der Waals surface area (Å²) < 4.78 is 4.79. The second kappa shape index (κ2) is 9.53. The van der Waals surface area contributed by atoms with Crippen LogP contribution in [-0.4, -0.2) is 19.1 Å². The monoisotopic (exact) mass is 578 g/mol. The Balaban J connectivity index is 1.57. The molecule has 7 rings (SSSR count). The van der Waals surface area contributed by atoms with Crippen molar-refractivity contribution in [2.45, 2.75) is 78.6 Å². The zero-order valence-electron chi connectivity index (χ0n) is 27.4. The van der Waals surface area contributed by atoms with Gasteiger partial charge in [0.25, 0.3) is 0 Å². The van der Waals surface area contributed by atoms with Crippen molar-refractivity contribution in [2.24, 2.45) is 0 Å². The Morgan fingerprint density at radius 3 is 1.23 bits per heavy atom. The van der Waals surface area contributed by atoms with E-state index in [9.17, 15) is 0 Å². The summed E-state index contributed by atoms with van der Waals surface area (Å²) in [6.45, 7) is 20.2. The number of pyridine rings is 2. The topological polar surface area (TPSA) is 35.6 Å². The molecule has 0 atom stereocenters. The van der Waals surface area contributed by atoms with Crippen molar-refractivity contribution in [3.63, 3.8) is 0 Å². The summed E-state index contributed by atoms with van der Waals surface area (Å²) in [5.74, 6) is 0. The minimum Gasteiger partial charge on any atom is -0.308 e. The van der Waals surface area contributed by atoms with Crippen molar-refractivity contribution < 1.29 is 0 Å². The first-order valence-corrected chi connectivity index (χ1v) is 15.7. The lowest BCUT2D eigenvalue weighted by Crippen LogP contribution is -2.14. The summed E-state index contributed by atoms with van der Waals surface area (Å²) in [5, 5.41) is 2.35. The standard InChI is InChI=1S/C40H42N4/c1-38(2,3)25-22-26(43-30-16-12-10-14-28(30)36-32(43)18-20-34(41-36)39(4,5)6)24-27(23-25)44-31-17-13-11-15-29(31)37-33(44)19-21-35(42-37)40(7,8)9/h10-24H,1-9H3. The van der Waals surface area contributed by atoms with Gasteiger partial charge in [-0.25, -0.2) is 9.97 Å². The number of aromatic nitrogens is 4. The molecule has 0 saturated carbocycles. The van der Waals surface area contributed by atoms with E-state index in [0.717, 1.165) is 55.9 Å². The van der Waals surface area contributed by atoms with Crippen LogP contribution in [0.1, 0.15) is 79.3 Å². The molecule has 0 N–H and O–H groups in total. The molecule has 222 valence electrons. The van der Waals surface area contributed by atoms with Gasteiger partial charge in [0.05, 0.1) is 33.1 Å². The lowest BCUT2D eigenvalue weighted by molar-refractivity contribution is 0.571. The zero-order valence-corrected chi connectivity index (χ0v) is 27.4. The smallest absolute Gasteiger partial charge is 0.0967 e. The second-order valence-corrected chi connectivity index (χ2v) is 15.3. The maximum absolute atomic E-state index is 5.24. The van der Waals surface area contributed by atoms with Crippen LogP contribution in [0.2, 0.25) is 0 Å². The Bertz CT molecular complexity index is 2070. The van der Waals surface area contributed by atoms with E-state index >= 15 is 0 Å². The summed E-state index contributed by atoms with van der Waals surface area (Å²) in [5.41, 5.74) is 12.3. The van der Waals surface area contributed by atoms with Crippen LogP contribution in [-0.2, 0) is 16.2 Å². The summed E-state index contributed by atoms with van der Waals surface area (Å²) in [6, 6.07) is 33.3. The lowest BCUT2D eigenvalue weighted by atomic mass is 9.86. The van der Waals surface area contributed by atoms with Gasteiger partial charge in [0.2, 0.25) is 0 Å². The maximum Gasteiger partial charge on any atom is 0.0967 e. The molecule has 4 aromatic heterocycles. The third-order valence-corrected chi connectivity index (χ3v) is 8.85. The van der Waals surface area contributed by atoms with Crippen LogP contribution in [0.25, 0.3) is 55.2 Å². The fourth-order valence-corrected chi connectivity index (χ4v) is 6.34. The third kappa shape index (κ3) is 4.51. The van der Waals surface area contributed by atoms with E-state index in [2.05, 4.69) is 162 Å². The molecule has 0 bridgehead atoms. The first kappa shape index (κ1) is 28.3. The van der Waals surface area contributed by atoms with Crippen LogP contribution in [0.5, 0.6) is 0 Å². The van der Waals surface area contributed by atoms with Gasteiger partial charge < -0.3 is 9.13 Å². The number of benzene rings is 3. The minimum atomic E-state index is -0.0579. The maximum atomic E-state index is 5.24. The average Bonchev–Trinajstić information content (AvgIpc) is 3.48. The van der Waals surface area contributed by atoms with Crippen molar-refractivity contribution in [3.8, 4) is 11.4 Å². The van der Waals surface area contributed by atoms with Crippen LogP contribution in [0, 0.1) is 0 Å². The van der Waals surface area contributed by atoms with Gasteiger partial charge >= 0.3 is 0 Å². The Hall–Kier alpha value is -4.44. The second-order valence-electron chi connectivity index (χ2n) is 15.3. The molecule has 0 fully saturated rings. The normalized spacial score (nSPS) is 13.1. The van der Waals surface area contributed by atoms with Crippen LogP contribution in [0.4, 0.5) is 0 Å². The van der Waals surface area contributed by atoms with Gasteiger partial charge in [-0.05, 0) is 65.6 Å². The third-order valence-electron chi connectivity index (χ3n) is 8.85. The fourth-order valence-electron chi connectivity index (χ4n) is 6.34. The van der Waals surface area contributed by atoms with E-state index in [0.29, 0.717) is 0 Å². The van der Waals surface area contributed by atoms with E-state index < -0.39 is 0 Å². The average molecular weight is 579 g/mol. The molecule has 0 saturated heterocycles. The number of hydrogen-bond acceptors (Lipinski definition) is 2. The molecule has 0 aliphatic rings. The molecule has 0 radical (unpaired) electrons. The molecule has 0 unspecified atom stereocenters. The molecule has 3 aromatic carbocycles. The SMILES string of the molecule is CC(C)(C)c1cc(-n2c3ccccc3c3nc(C(C)(C)C)ccc32)cc(-n2c3ccccc3c3nc(C(C)(C)C)ccc32)c1.